The Hall–Kier alpha value is -0.790. The maximum atomic E-state index is 11.7. The molecule has 0 atom stereocenters. The van der Waals surface area contributed by atoms with Crippen molar-refractivity contribution in [1.29, 1.82) is 0 Å². The molecule has 5 nitrogen and oxygen atoms in total. The molecule has 1 rings (SSSR count). The van der Waals surface area contributed by atoms with Crippen LogP contribution < -0.4 is 5.32 Å². The molecule has 0 aromatic heterocycles. The number of amides is 1. The molecule has 0 saturated heterocycles. The highest BCUT2D eigenvalue weighted by atomic mass is 79.9. The average molecular weight is 385 g/mol. The molecule has 0 bridgehead atoms. The predicted octanol–water partition coefficient (Wildman–Crippen LogP) is 3.86. The number of benzene rings is 1. The molecule has 0 heterocycles. The third-order valence-electron chi connectivity index (χ3n) is 2.01. The van der Waals surface area contributed by atoms with Gasteiger partial charge < -0.3 is 4.74 Å². The van der Waals surface area contributed by atoms with Crippen molar-refractivity contribution in [1.82, 2.24) is 0 Å². The monoisotopic (exact) mass is 383 g/mol. The standard InChI is InChI=1S/C12H15BrClNO4S/c1-12(2,3)19-11(16)15-10-6-8(4-5-9(10)13)7-20(14,17)18/h4-6H,7H2,1-3H3,(H,15,16). The van der Waals surface area contributed by atoms with Crippen molar-refractivity contribution in [3.05, 3.63) is 28.2 Å². The largest absolute Gasteiger partial charge is 0.444 e. The van der Waals surface area contributed by atoms with Gasteiger partial charge in [-0.15, -0.1) is 0 Å². The highest BCUT2D eigenvalue weighted by molar-refractivity contribution is 9.10. The highest BCUT2D eigenvalue weighted by Crippen LogP contribution is 2.25. The van der Waals surface area contributed by atoms with Gasteiger partial charge in [-0.1, -0.05) is 6.07 Å². The average Bonchev–Trinajstić information content (AvgIpc) is 2.18. The molecular formula is C12H15BrClNO4S. The summed E-state index contributed by atoms with van der Waals surface area (Å²) in [6, 6.07) is 4.75. The number of carbonyl (C=O) groups is 1. The van der Waals surface area contributed by atoms with Crippen LogP contribution in [0.2, 0.25) is 0 Å². The zero-order valence-electron chi connectivity index (χ0n) is 11.2. The van der Waals surface area contributed by atoms with Crippen LogP contribution in [0.15, 0.2) is 22.7 Å². The number of halogens is 2. The molecule has 0 fully saturated rings. The number of carbonyl (C=O) groups excluding carboxylic acids is 1. The van der Waals surface area contributed by atoms with Crippen LogP contribution in [0.3, 0.4) is 0 Å². The van der Waals surface area contributed by atoms with Gasteiger partial charge in [0.05, 0.1) is 11.4 Å². The molecule has 20 heavy (non-hydrogen) atoms. The summed E-state index contributed by atoms with van der Waals surface area (Å²) >= 11 is 3.27. The molecule has 0 saturated carbocycles. The number of ether oxygens (including phenoxy) is 1. The summed E-state index contributed by atoms with van der Waals surface area (Å²) in [6.45, 7) is 5.24. The van der Waals surface area contributed by atoms with Gasteiger partial charge in [0.1, 0.15) is 5.60 Å². The van der Waals surface area contributed by atoms with Crippen LogP contribution in [-0.2, 0) is 19.5 Å². The van der Waals surface area contributed by atoms with E-state index >= 15 is 0 Å². The molecule has 112 valence electrons. The van der Waals surface area contributed by atoms with E-state index in [1.165, 1.54) is 6.07 Å². The zero-order valence-corrected chi connectivity index (χ0v) is 14.4. The van der Waals surface area contributed by atoms with Crippen LogP contribution in [-0.4, -0.2) is 20.1 Å². The normalized spacial score (nSPS) is 12.1. The Morgan fingerprint density at radius 1 is 1.40 bits per heavy atom. The molecule has 1 aromatic rings. The first-order valence-corrected chi connectivity index (χ1v) is 8.94. The van der Waals surface area contributed by atoms with Gasteiger partial charge in [0.15, 0.2) is 0 Å². The third-order valence-corrected chi connectivity index (χ3v) is 3.70. The molecule has 0 spiro atoms. The van der Waals surface area contributed by atoms with Gasteiger partial charge in [-0.25, -0.2) is 13.2 Å². The SMILES string of the molecule is CC(C)(C)OC(=O)Nc1cc(CS(=O)(=O)Cl)ccc1Br. The van der Waals surface area contributed by atoms with Gasteiger partial charge in [-0.2, -0.15) is 0 Å². The van der Waals surface area contributed by atoms with Gasteiger partial charge in [-0.05, 0) is 54.4 Å². The Bertz CT molecular complexity index is 610. The first-order valence-electron chi connectivity index (χ1n) is 5.67. The highest BCUT2D eigenvalue weighted by Gasteiger charge is 2.17. The molecule has 0 aliphatic heterocycles. The Morgan fingerprint density at radius 2 is 2.00 bits per heavy atom. The fraction of sp³-hybridized carbons (Fsp3) is 0.417. The van der Waals surface area contributed by atoms with Crippen molar-refractivity contribution in [3.8, 4) is 0 Å². The Balaban J connectivity index is 2.90. The lowest BCUT2D eigenvalue weighted by Gasteiger charge is -2.20. The van der Waals surface area contributed by atoms with Crippen LogP contribution in [0.1, 0.15) is 26.3 Å². The summed E-state index contributed by atoms with van der Waals surface area (Å²) < 4.78 is 27.8. The molecule has 1 amide bonds. The summed E-state index contributed by atoms with van der Waals surface area (Å²) in [7, 11) is 1.55. The minimum atomic E-state index is -3.65. The van der Waals surface area contributed by atoms with Crippen molar-refractivity contribution in [2.24, 2.45) is 0 Å². The van der Waals surface area contributed by atoms with E-state index in [1.807, 2.05) is 0 Å². The van der Waals surface area contributed by atoms with Crippen LogP contribution >= 0.6 is 26.6 Å². The number of anilines is 1. The van der Waals surface area contributed by atoms with Gasteiger partial charge >= 0.3 is 6.09 Å². The molecule has 0 radical (unpaired) electrons. The summed E-state index contributed by atoms with van der Waals surface area (Å²) in [6.07, 6.45) is -0.621. The van der Waals surface area contributed by atoms with Gasteiger partial charge in [0.2, 0.25) is 9.05 Å². The third kappa shape index (κ3) is 6.58. The second-order valence-corrected chi connectivity index (χ2v) is 8.76. The van der Waals surface area contributed by atoms with E-state index in [9.17, 15) is 13.2 Å². The first-order chi connectivity index (χ1) is 8.96. The smallest absolute Gasteiger partial charge is 0.412 e. The van der Waals surface area contributed by atoms with Crippen LogP contribution in [0.25, 0.3) is 0 Å². The van der Waals surface area contributed by atoms with E-state index < -0.39 is 20.7 Å². The summed E-state index contributed by atoms with van der Waals surface area (Å²) in [5.41, 5.74) is 0.263. The van der Waals surface area contributed by atoms with E-state index in [0.29, 0.717) is 15.7 Å². The number of rotatable bonds is 3. The number of hydrogen-bond acceptors (Lipinski definition) is 4. The fourth-order valence-corrected chi connectivity index (χ4v) is 2.67. The van der Waals surface area contributed by atoms with E-state index in [1.54, 1.807) is 32.9 Å². The Morgan fingerprint density at radius 3 is 2.50 bits per heavy atom. The van der Waals surface area contributed by atoms with E-state index in [-0.39, 0.29) is 5.75 Å². The zero-order chi connectivity index (χ0) is 15.6. The first kappa shape index (κ1) is 17.3. The van der Waals surface area contributed by atoms with Crippen LogP contribution in [0, 0.1) is 0 Å². The van der Waals surface area contributed by atoms with Crippen molar-refractivity contribution in [2.75, 3.05) is 5.32 Å². The molecular weight excluding hydrogens is 370 g/mol. The van der Waals surface area contributed by atoms with Gasteiger partial charge in [0, 0.05) is 15.2 Å². The van der Waals surface area contributed by atoms with Crippen LogP contribution in [0.4, 0.5) is 10.5 Å². The van der Waals surface area contributed by atoms with E-state index in [2.05, 4.69) is 21.2 Å². The van der Waals surface area contributed by atoms with Crippen LogP contribution in [0.5, 0.6) is 0 Å². The fourth-order valence-electron chi connectivity index (χ4n) is 1.37. The van der Waals surface area contributed by atoms with Crippen molar-refractivity contribution in [3.63, 3.8) is 0 Å². The topological polar surface area (TPSA) is 72.5 Å². The summed E-state index contributed by atoms with van der Waals surface area (Å²) in [5, 5.41) is 2.55. The molecule has 0 unspecified atom stereocenters. The second kappa shape index (κ2) is 6.32. The number of nitrogens with one attached hydrogen (secondary N) is 1. The quantitative estimate of drug-likeness (QED) is 0.803. The summed E-state index contributed by atoms with van der Waals surface area (Å²) in [5.74, 6) is -0.315. The van der Waals surface area contributed by atoms with E-state index in [0.717, 1.165) is 0 Å². The lowest BCUT2D eigenvalue weighted by atomic mass is 10.2. The molecule has 8 heteroatoms. The molecule has 1 aromatic carbocycles. The minimum absolute atomic E-state index is 0.315. The predicted molar refractivity (Wildman–Crippen MR) is 82.5 cm³/mol. The Labute approximate surface area is 131 Å². The van der Waals surface area contributed by atoms with Crippen molar-refractivity contribution < 1.29 is 17.9 Å². The summed E-state index contributed by atoms with van der Waals surface area (Å²) in [4.78, 5) is 11.7. The maximum Gasteiger partial charge on any atom is 0.412 e. The van der Waals surface area contributed by atoms with Crippen molar-refractivity contribution >= 4 is 47.4 Å². The second-order valence-electron chi connectivity index (χ2n) is 5.12. The lowest BCUT2D eigenvalue weighted by Crippen LogP contribution is -2.27. The molecule has 0 aliphatic carbocycles. The van der Waals surface area contributed by atoms with Crippen molar-refractivity contribution in [2.45, 2.75) is 32.1 Å². The number of hydrogen-bond donors (Lipinski definition) is 1. The lowest BCUT2D eigenvalue weighted by molar-refractivity contribution is 0.0636. The molecule has 1 N–H and O–H groups in total. The van der Waals surface area contributed by atoms with Gasteiger partial charge in [0.25, 0.3) is 0 Å². The van der Waals surface area contributed by atoms with E-state index in [4.69, 9.17) is 15.4 Å². The maximum absolute atomic E-state index is 11.7. The molecule has 0 aliphatic rings. The Kier molecular flexibility index (Phi) is 5.46. The minimum Gasteiger partial charge on any atom is -0.444 e. The van der Waals surface area contributed by atoms with Gasteiger partial charge in [-0.3, -0.25) is 5.32 Å².